The van der Waals surface area contributed by atoms with Crippen molar-refractivity contribution in [2.45, 2.75) is 6.42 Å². The van der Waals surface area contributed by atoms with Crippen LogP contribution in [0.3, 0.4) is 0 Å². The summed E-state index contributed by atoms with van der Waals surface area (Å²) in [5, 5.41) is 44.1. The van der Waals surface area contributed by atoms with E-state index >= 15 is 0 Å². The number of nitro groups is 4. The van der Waals surface area contributed by atoms with E-state index < -0.39 is 60.6 Å². The molecule has 0 aliphatic heterocycles. The number of hydrogen-bond donors (Lipinski definition) is 0. The molecular weight excluding hydrogens is 384 g/mol. The molecule has 0 aliphatic carbocycles. The third kappa shape index (κ3) is 4.01. The van der Waals surface area contributed by atoms with Crippen LogP contribution in [0.4, 0.5) is 22.7 Å². The Labute approximate surface area is 153 Å². The van der Waals surface area contributed by atoms with Gasteiger partial charge in [-0.15, -0.1) is 0 Å². The van der Waals surface area contributed by atoms with E-state index in [4.69, 9.17) is 4.74 Å². The minimum Gasteiger partial charge on any atom is -0.419 e. The van der Waals surface area contributed by atoms with Crippen molar-refractivity contribution in [1.82, 2.24) is 0 Å². The Morgan fingerprint density at radius 2 is 1.25 bits per heavy atom. The van der Waals surface area contributed by atoms with Gasteiger partial charge >= 0.3 is 28.7 Å². The summed E-state index contributed by atoms with van der Waals surface area (Å²) in [6, 6.07) is 5.88. The topological polar surface area (TPSA) is 199 Å². The van der Waals surface area contributed by atoms with Crippen LogP contribution in [0.2, 0.25) is 0 Å². The lowest BCUT2D eigenvalue weighted by atomic mass is 10.1. The number of rotatable bonds is 7. The summed E-state index contributed by atoms with van der Waals surface area (Å²) in [4.78, 5) is 51.9. The Kier molecular flexibility index (Phi) is 5.53. The molecule has 144 valence electrons. The highest BCUT2D eigenvalue weighted by atomic mass is 16.7. The van der Waals surface area contributed by atoms with Gasteiger partial charge in [0.25, 0.3) is 0 Å². The molecule has 0 saturated carbocycles. The zero-order valence-electron chi connectivity index (χ0n) is 13.5. The minimum absolute atomic E-state index is 0.364. The highest BCUT2D eigenvalue weighted by molar-refractivity contribution is 5.79. The number of hydrogen-bond acceptors (Lipinski definition) is 10. The van der Waals surface area contributed by atoms with Crippen molar-refractivity contribution >= 4 is 28.7 Å². The van der Waals surface area contributed by atoms with E-state index in [-0.39, 0.29) is 5.56 Å². The lowest BCUT2D eigenvalue weighted by Gasteiger charge is -2.06. The van der Waals surface area contributed by atoms with Crippen molar-refractivity contribution < 1.29 is 29.2 Å². The van der Waals surface area contributed by atoms with E-state index in [1.54, 1.807) is 0 Å². The number of esters is 1. The fraction of sp³-hybridized carbons (Fsp3) is 0.0714. The SMILES string of the molecule is O=C(Cc1cccc([N+](=O)[O-])c1[N+](=O)[O-])Oc1cccc([N+](=O)[O-])c1[N+](=O)[O-]. The second-order valence-corrected chi connectivity index (χ2v) is 5.09. The smallest absolute Gasteiger partial charge is 0.388 e. The average molecular weight is 392 g/mol. The summed E-state index contributed by atoms with van der Waals surface area (Å²) < 4.78 is 4.76. The second-order valence-electron chi connectivity index (χ2n) is 5.09. The van der Waals surface area contributed by atoms with E-state index in [0.29, 0.717) is 0 Å². The van der Waals surface area contributed by atoms with Gasteiger partial charge in [-0.25, -0.2) is 0 Å². The molecule has 0 N–H and O–H groups in total. The number of carbonyl (C=O) groups is 1. The van der Waals surface area contributed by atoms with Gasteiger partial charge in [-0.1, -0.05) is 18.2 Å². The van der Waals surface area contributed by atoms with Gasteiger partial charge in [0.2, 0.25) is 5.75 Å². The maximum absolute atomic E-state index is 12.1. The van der Waals surface area contributed by atoms with Gasteiger partial charge in [-0.3, -0.25) is 45.3 Å². The number of nitro benzene ring substituents is 4. The van der Waals surface area contributed by atoms with E-state index in [0.717, 1.165) is 36.4 Å². The third-order valence-corrected chi connectivity index (χ3v) is 3.39. The van der Waals surface area contributed by atoms with E-state index in [1.807, 2.05) is 0 Å². The lowest BCUT2D eigenvalue weighted by Crippen LogP contribution is -2.14. The molecule has 14 nitrogen and oxygen atoms in total. The van der Waals surface area contributed by atoms with Gasteiger partial charge in [0.15, 0.2) is 0 Å². The molecule has 0 bridgehead atoms. The fourth-order valence-corrected chi connectivity index (χ4v) is 2.32. The monoisotopic (exact) mass is 392 g/mol. The van der Waals surface area contributed by atoms with Crippen LogP contribution in [-0.2, 0) is 11.2 Å². The van der Waals surface area contributed by atoms with Crippen molar-refractivity contribution in [1.29, 1.82) is 0 Å². The van der Waals surface area contributed by atoms with Crippen molar-refractivity contribution in [3.05, 3.63) is 82.4 Å². The molecule has 2 aromatic carbocycles. The first-order chi connectivity index (χ1) is 13.1. The second kappa shape index (κ2) is 7.81. The zero-order valence-corrected chi connectivity index (χ0v) is 13.5. The Hall–Kier alpha value is -4.49. The quantitative estimate of drug-likeness (QED) is 0.291. The van der Waals surface area contributed by atoms with Crippen molar-refractivity contribution in [2.24, 2.45) is 0 Å². The van der Waals surface area contributed by atoms with Gasteiger partial charge in [-0.2, -0.15) is 0 Å². The summed E-state index contributed by atoms with van der Waals surface area (Å²) in [7, 11) is 0. The lowest BCUT2D eigenvalue weighted by molar-refractivity contribution is -0.423. The van der Waals surface area contributed by atoms with E-state index in [9.17, 15) is 45.3 Å². The number of nitrogens with zero attached hydrogens (tertiary/aromatic N) is 4. The highest BCUT2D eigenvalue weighted by Crippen LogP contribution is 2.36. The summed E-state index contributed by atoms with van der Waals surface area (Å²) in [6.07, 6.45) is -0.835. The van der Waals surface area contributed by atoms with Crippen LogP contribution in [0, 0.1) is 40.5 Å². The van der Waals surface area contributed by atoms with Crippen LogP contribution in [0.25, 0.3) is 0 Å². The maximum atomic E-state index is 12.1. The van der Waals surface area contributed by atoms with Gasteiger partial charge in [0.05, 0.1) is 26.1 Å². The molecule has 0 aliphatic rings. The Morgan fingerprint density at radius 1 is 0.750 bits per heavy atom. The van der Waals surface area contributed by atoms with E-state index in [2.05, 4.69) is 0 Å². The van der Waals surface area contributed by atoms with Crippen LogP contribution in [-0.4, -0.2) is 25.7 Å². The van der Waals surface area contributed by atoms with Crippen LogP contribution >= 0.6 is 0 Å². The van der Waals surface area contributed by atoms with Crippen LogP contribution in [0.1, 0.15) is 5.56 Å². The summed E-state index contributed by atoms with van der Waals surface area (Å²) in [5.41, 5.74) is -4.14. The molecule has 2 aromatic rings. The number of ether oxygens (including phenoxy) is 1. The van der Waals surface area contributed by atoms with Crippen LogP contribution in [0.15, 0.2) is 36.4 Å². The van der Waals surface area contributed by atoms with Gasteiger partial charge in [-0.05, 0) is 6.07 Å². The Balaban J connectivity index is 2.39. The summed E-state index contributed by atoms with van der Waals surface area (Å²) >= 11 is 0. The van der Waals surface area contributed by atoms with Crippen molar-refractivity contribution in [2.75, 3.05) is 0 Å². The van der Waals surface area contributed by atoms with Crippen LogP contribution < -0.4 is 4.74 Å². The Bertz CT molecular complexity index is 940. The number of carbonyl (C=O) groups excluding carboxylic acids is 1. The first-order valence-corrected chi connectivity index (χ1v) is 7.16. The summed E-state index contributed by atoms with van der Waals surface area (Å²) in [6.45, 7) is 0. The third-order valence-electron chi connectivity index (χ3n) is 3.39. The van der Waals surface area contributed by atoms with Crippen molar-refractivity contribution in [3.63, 3.8) is 0 Å². The molecule has 0 fully saturated rings. The van der Waals surface area contributed by atoms with Gasteiger partial charge in [0.1, 0.15) is 0 Å². The highest BCUT2D eigenvalue weighted by Gasteiger charge is 2.32. The minimum atomic E-state index is -1.24. The molecule has 0 radical (unpaired) electrons. The molecule has 0 spiro atoms. The first-order valence-electron chi connectivity index (χ1n) is 7.16. The van der Waals surface area contributed by atoms with Gasteiger partial charge < -0.3 is 4.74 Å². The maximum Gasteiger partial charge on any atom is 0.388 e. The predicted octanol–water partition coefficient (Wildman–Crippen LogP) is 2.47. The molecule has 0 unspecified atom stereocenters. The molecule has 2 rings (SSSR count). The number of para-hydroxylation sites is 2. The largest absolute Gasteiger partial charge is 0.419 e. The normalized spacial score (nSPS) is 10.1. The molecule has 14 heteroatoms. The average Bonchev–Trinajstić information content (AvgIpc) is 2.60. The summed E-state index contributed by atoms with van der Waals surface area (Å²) in [5.74, 6) is -1.98. The molecule has 0 atom stereocenters. The van der Waals surface area contributed by atoms with Crippen molar-refractivity contribution in [3.8, 4) is 5.75 Å². The molecule has 0 amide bonds. The standard InChI is InChI=1S/C14H8N4O10/c19-12(7-8-3-1-4-9(15(20)21)13(8)17(24)25)28-11-6-2-5-10(16(22)23)14(11)18(26)27/h1-6H,7H2. The fourth-order valence-electron chi connectivity index (χ4n) is 2.32. The number of benzene rings is 2. The predicted molar refractivity (Wildman–Crippen MR) is 88.8 cm³/mol. The molecule has 0 heterocycles. The van der Waals surface area contributed by atoms with Crippen LogP contribution in [0.5, 0.6) is 5.75 Å². The van der Waals surface area contributed by atoms with Gasteiger partial charge in [0, 0.05) is 17.7 Å². The zero-order chi connectivity index (χ0) is 21.0. The molecule has 0 saturated heterocycles. The Morgan fingerprint density at radius 3 is 1.75 bits per heavy atom. The van der Waals surface area contributed by atoms with E-state index in [1.165, 1.54) is 0 Å². The molecule has 28 heavy (non-hydrogen) atoms. The molecular formula is C14H8N4O10. The molecule has 0 aromatic heterocycles. The first kappa shape index (κ1) is 19.8.